The van der Waals surface area contributed by atoms with Gasteiger partial charge in [-0.25, -0.2) is 13.4 Å². The SMILES string of the molecule is CCOc1ccc(Br)cc1S(=O)(=O)N1CCN(c2nc(C)cc(Nc3ccccc3)n2)CC1. The number of benzene rings is 2. The highest BCUT2D eigenvalue weighted by Crippen LogP contribution is 2.31. The maximum Gasteiger partial charge on any atom is 0.246 e. The molecule has 0 spiro atoms. The Balaban J connectivity index is 1.50. The van der Waals surface area contributed by atoms with Gasteiger partial charge in [-0.1, -0.05) is 34.1 Å². The number of halogens is 1. The number of nitrogens with one attached hydrogen (secondary N) is 1. The van der Waals surface area contributed by atoms with Crippen LogP contribution in [0, 0.1) is 6.92 Å². The number of ether oxygens (including phenoxy) is 1. The Kier molecular flexibility index (Phi) is 7.16. The van der Waals surface area contributed by atoms with E-state index in [2.05, 4.69) is 31.2 Å². The van der Waals surface area contributed by atoms with Gasteiger partial charge in [0.25, 0.3) is 0 Å². The summed E-state index contributed by atoms with van der Waals surface area (Å²) in [6.45, 7) is 5.79. The van der Waals surface area contributed by atoms with E-state index >= 15 is 0 Å². The van der Waals surface area contributed by atoms with Crippen molar-refractivity contribution in [1.29, 1.82) is 0 Å². The van der Waals surface area contributed by atoms with Gasteiger partial charge in [-0.3, -0.25) is 0 Å². The van der Waals surface area contributed by atoms with Crippen LogP contribution in [-0.2, 0) is 10.0 Å². The zero-order valence-electron chi connectivity index (χ0n) is 18.5. The third kappa shape index (κ3) is 5.45. The maximum absolute atomic E-state index is 13.4. The van der Waals surface area contributed by atoms with Gasteiger partial charge < -0.3 is 15.0 Å². The van der Waals surface area contributed by atoms with Crippen LogP contribution in [0.15, 0.2) is 64.0 Å². The number of sulfonamides is 1. The van der Waals surface area contributed by atoms with Crippen LogP contribution < -0.4 is 15.0 Å². The van der Waals surface area contributed by atoms with E-state index in [1.165, 1.54) is 4.31 Å². The minimum absolute atomic E-state index is 0.174. The first-order chi connectivity index (χ1) is 15.9. The van der Waals surface area contributed by atoms with Crippen LogP contribution in [0.3, 0.4) is 0 Å². The summed E-state index contributed by atoms with van der Waals surface area (Å²) in [5.74, 6) is 1.65. The molecule has 1 aliphatic heterocycles. The fourth-order valence-corrected chi connectivity index (χ4v) is 5.75. The number of nitrogens with zero attached hydrogens (tertiary/aromatic N) is 4. The lowest BCUT2D eigenvalue weighted by Crippen LogP contribution is -2.49. The van der Waals surface area contributed by atoms with E-state index in [0.717, 1.165) is 11.4 Å². The molecular weight excluding hydrogens is 506 g/mol. The third-order valence-corrected chi connectivity index (χ3v) is 7.65. The topological polar surface area (TPSA) is 87.7 Å². The van der Waals surface area contributed by atoms with Crippen molar-refractivity contribution in [2.45, 2.75) is 18.7 Å². The zero-order valence-corrected chi connectivity index (χ0v) is 20.9. The summed E-state index contributed by atoms with van der Waals surface area (Å²) in [6, 6.07) is 16.8. The van der Waals surface area contributed by atoms with Crippen LogP contribution in [-0.4, -0.2) is 55.5 Å². The highest BCUT2D eigenvalue weighted by molar-refractivity contribution is 9.10. The summed E-state index contributed by atoms with van der Waals surface area (Å²) in [7, 11) is -3.70. The molecule has 8 nitrogen and oxygen atoms in total. The molecule has 0 atom stereocenters. The Morgan fingerprint density at radius 3 is 2.45 bits per heavy atom. The van der Waals surface area contributed by atoms with Gasteiger partial charge in [0.05, 0.1) is 6.61 Å². The van der Waals surface area contributed by atoms with Crippen LogP contribution >= 0.6 is 15.9 Å². The molecule has 3 aromatic rings. The summed E-state index contributed by atoms with van der Waals surface area (Å²) < 4.78 is 34.5. The molecule has 10 heteroatoms. The lowest BCUT2D eigenvalue weighted by Gasteiger charge is -2.34. The molecule has 0 unspecified atom stereocenters. The number of rotatable bonds is 7. The van der Waals surface area contributed by atoms with Gasteiger partial charge in [-0.15, -0.1) is 0 Å². The van der Waals surface area contributed by atoms with Crippen LogP contribution in [0.2, 0.25) is 0 Å². The number of anilines is 3. The van der Waals surface area contributed by atoms with E-state index in [1.807, 2.05) is 55.1 Å². The fraction of sp³-hybridized carbons (Fsp3) is 0.304. The highest BCUT2D eigenvalue weighted by Gasteiger charge is 2.32. The first kappa shape index (κ1) is 23.5. The molecule has 0 bridgehead atoms. The van der Waals surface area contributed by atoms with Gasteiger partial charge in [-0.2, -0.15) is 9.29 Å². The normalized spacial score (nSPS) is 14.8. The van der Waals surface area contributed by atoms with Crippen molar-refractivity contribution in [3.63, 3.8) is 0 Å². The van der Waals surface area contributed by atoms with Crippen molar-refractivity contribution >= 4 is 43.4 Å². The average Bonchev–Trinajstić information content (AvgIpc) is 2.81. The second kappa shape index (κ2) is 10.1. The van der Waals surface area contributed by atoms with Crippen LogP contribution in [0.1, 0.15) is 12.6 Å². The van der Waals surface area contributed by atoms with Crippen molar-refractivity contribution in [2.24, 2.45) is 0 Å². The van der Waals surface area contributed by atoms with Gasteiger partial charge in [0.2, 0.25) is 16.0 Å². The summed E-state index contributed by atoms with van der Waals surface area (Å²) in [5, 5.41) is 3.30. The lowest BCUT2D eigenvalue weighted by molar-refractivity contribution is 0.327. The molecular formula is C23H26BrN5O3S. The molecule has 1 N–H and O–H groups in total. The van der Waals surface area contributed by atoms with Gasteiger partial charge in [-0.05, 0) is 44.2 Å². The second-order valence-electron chi connectivity index (χ2n) is 7.60. The number of para-hydroxylation sites is 1. The van der Waals surface area contributed by atoms with E-state index in [4.69, 9.17) is 4.74 Å². The number of aryl methyl sites for hydroxylation is 1. The molecule has 1 fully saturated rings. The maximum atomic E-state index is 13.4. The highest BCUT2D eigenvalue weighted by atomic mass is 79.9. The number of piperazine rings is 1. The van der Waals surface area contributed by atoms with Crippen LogP contribution in [0.5, 0.6) is 5.75 Å². The van der Waals surface area contributed by atoms with E-state index in [1.54, 1.807) is 18.2 Å². The van der Waals surface area contributed by atoms with E-state index in [0.29, 0.717) is 54.8 Å². The van der Waals surface area contributed by atoms with Crippen molar-refractivity contribution < 1.29 is 13.2 Å². The van der Waals surface area contributed by atoms with Gasteiger partial charge in [0.1, 0.15) is 16.5 Å². The van der Waals surface area contributed by atoms with Gasteiger partial charge in [0, 0.05) is 48.1 Å². The first-order valence-electron chi connectivity index (χ1n) is 10.7. The van der Waals surface area contributed by atoms with Crippen LogP contribution in [0.4, 0.5) is 17.5 Å². The molecule has 1 aliphatic rings. The average molecular weight is 532 g/mol. The quantitative estimate of drug-likeness (QED) is 0.488. The minimum Gasteiger partial charge on any atom is -0.492 e. The predicted molar refractivity (Wildman–Crippen MR) is 133 cm³/mol. The zero-order chi connectivity index (χ0) is 23.4. The molecule has 1 saturated heterocycles. The molecule has 0 amide bonds. The largest absolute Gasteiger partial charge is 0.492 e. The smallest absolute Gasteiger partial charge is 0.246 e. The van der Waals surface area contributed by atoms with E-state index in [9.17, 15) is 8.42 Å². The molecule has 1 aromatic heterocycles. The Labute approximate surface area is 202 Å². The standard InChI is InChI=1S/C23H26BrN5O3S/c1-3-32-20-10-9-18(24)16-21(20)33(30,31)29-13-11-28(12-14-29)23-25-17(2)15-22(27-23)26-19-7-5-4-6-8-19/h4-10,15-16H,3,11-14H2,1-2H3,(H,25,26,27). The summed E-state index contributed by atoms with van der Waals surface area (Å²) in [5.41, 5.74) is 1.78. The molecule has 0 radical (unpaired) electrons. The Morgan fingerprint density at radius 1 is 1.03 bits per heavy atom. The predicted octanol–water partition coefficient (Wildman–Crippen LogP) is 4.20. The number of aromatic nitrogens is 2. The third-order valence-electron chi connectivity index (χ3n) is 5.23. The molecule has 4 rings (SSSR count). The van der Waals surface area contributed by atoms with Crippen molar-refractivity contribution in [3.05, 3.63) is 64.8 Å². The molecule has 2 aromatic carbocycles. The van der Waals surface area contributed by atoms with E-state index in [-0.39, 0.29) is 4.90 Å². The molecule has 174 valence electrons. The second-order valence-corrected chi connectivity index (χ2v) is 10.4. The first-order valence-corrected chi connectivity index (χ1v) is 13.0. The minimum atomic E-state index is -3.70. The van der Waals surface area contributed by atoms with E-state index < -0.39 is 10.0 Å². The van der Waals surface area contributed by atoms with Crippen molar-refractivity contribution in [2.75, 3.05) is 43.0 Å². The summed E-state index contributed by atoms with van der Waals surface area (Å²) in [6.07, 6.45) is 0. The van der Waals surface area contributed by atoms with Crippen molar-refractivity contribution in [1.82, 2.24) is 14.3 Å². The Hall–Kier alpha value is -2.69. The fourth-order valence-electron chi connectivity index (χ4n) is 3.65. The number of hydrogen-bond donors (Lipinski definition) is 1. The monoisotopic (exact) mass is 531 g/mol. The Morgan fingerprint density at radius 2 is 1.76 bits per heavy atom. The van der Waals surface area contributed by atoms with Crippen molar-refractivity contribution in [3.8, 4) is 5.75 Å². The molecule has 0 saturated carbocycles. The molecule has 33 heavy (non-hydrogen) atoms. The summed E-state index contributed by atoms with van der Waals surface area (Å²) in [4.78, 5) is 11.4. The molecule has 0 aliphatic carbocycles. The number of hydrogen-bond acceptors (Lipinski definition) is 7. The summed E-state index contributed by atoms with van der Waals surface area (Å²) >= 11 is 3.37. The van der Waals surface area contributed by atoms with Gasteiger partial charge >= 0.3 is 0 Å². The van der Waals surface area contributed by atoms with Crippen LogP contribution in [0.25, 0.3) is 0 Å². The van der Waals surface area contributed by atoms with Gasteiger partial charge in [0.15, 0.2) is 0 Å². The molecule has 2 heterocycles. The Bertz CT molecular complexity index is 1220. The lowest BCUT2D eigenvalue weighted by atomic mass is 10.3.